The molecular formula is C6H9N7. The van der Waals surface area contributed by atoms with Crippen LogP contribution in [0.5, 0.6) is 0 Å². The van der Waals surface area contributed by atoms with Gasteiger partial charge in [-0.3, -0.25) is 0 Å². The third-order valence-corrected chi connectivity index (χ3v) is 1.19. The summed E-state index contributed by atoms with van der Waals surface area (Å²) in [5.74, 6) is 0.416. The summed E-state index contributed by atoms with van der Waals surface area (Å²) in [7, 11) is 0. The molecule has 1 aromatic heterocycles. The zero-order valence-electron chi connectivity index (χ0n) is 6.86. The third-order valence-electron chi connectivity index (χ3n) is 1.19. The van der Waals surface area contributed by atoms with Crippen LogP contribution in [-0.2, 0) is 0 Å². The molecule has 7 nitrogen and oxygen atoms in total. The first-order chi connectivity index (χ1) is 6.22. The number of nitrogens with zero attached hydrogens (tertiary/aromatic N) is 4. The first kappa shape index (κ1) is 8.99. The summed E-state index contributed by atoms with van der Waals surface area (Å²) in [6.07, 6.45) is 0.367. The van der Waals surface area contributed by atoms with Crippen LogP contribution >= 0.6 is 0 Å². The van der Waals surface area contributed by atoms with Gasteiger partial charge in [0.2, 0.25) is 17.8 Å². The summed E-state index contributed by atoms with van der Waals surface area (Å²) in [4.78, 5) is 11.1. The lowest BCUT2D eigenvalue weighted by molar-refractivity contribution is 1.00. The molecule has 0 saturated heterocycles. The molecule has 0 bridgehead atoms. The van der Waals surface area contributed by atoms with Gasteiger partial charge in [0.05, 0.1) is 12.5 Å². The highest BCUT2D eigenvalue weighted by Gasteiger charge is 1.99. The zero-order valence-corrected chi connectivity index (χ0v) is 6.86. The van der Waals surface area contributed by atoms with Crippen molar-refractivity contribution in [1.29, 1.82) is 5.26 Å². The van der Waals surface area contributed by atoms with Crippen LogP contribution in [-0.4, -0.2) is 21.5 Å². The molecule has 5 N–H and O–H groups in total. The van der Waals surface area contributed by atoms with E-state index in [0.717, 1.165) is 0 Å². The molecular weight excluding hydrogens is 170 g/mol. The van der Waals surface area contributed by atoms with Crippen LogP contribution in [0, 0.1) is 11.3 Å². The van der Waals surface area contributed by atoms with E-state index < -0.39 is 0 Å². The average molecular weight is 179 g/mol. The van der Waals surface area contributed by atoms with Gasteiger partial charge >= 0.3 is 0 Å². The molecule has 13 heavy (non-hydrogen) atoms. The quantitative estimate of drug-likeness (QED) is 0.526. The molecule has 0 atom stereocenters. The van der Waals surface area contributed by atoms with E-state index in [0.29, 0.717) is 18.9 Å². The molecule has 1 heterocycles. The molecule has 0 radical (unpaired) electrons. The van der Waals surface area contributed by atoms with Crippen molar-refractivity contribution < 1.29 is 0 Å². The molecule has 7 heteroatoms. The summed E-state index contributed by atoms with van der Waals surface area (Å²) in [5.41, 5.74) is 10.6. The lowest BCUT2D eigenvalue weighted by Crippen LogP contribution is -2.09. The molecule has 0 aliphatic rings. The van der Waals surface area contributed by atoms with Crippen molar-refractivity contribution >= 4 is 17.8 Å². The predicted octanol–water partition coefficient (Wildman–Crippen LogP) is -0.638. The standard InChI is InChI=1S/C6H9N7/c7-2-1-3-10-6-12-4(8)11-5(9)13-6/h1,3H2,(H5,8,9,10,11,12,13). The number of nitrogen functional groups attached to an aromatic ring is 2. The highest BCUT2D eigenvalue weighted by molar-refractivity contribution is 5.36. The Bertz CT molecular complexity index is 308. The Morgan fingerprint density at radius 1 is 1.23 bits per heavy atom. The molecule has 0 fully saturated rings. The Hall–Kier alpha value is -2.10. The summed E-state index contributed by atoms with van der Waals surface area (Å²) >= 11 is 0. The molecule has 68 valence electrons. The van der Waals surface area contributed by atoms with Crippen molar-refractivity contribution in [2.75, 3.05) is 23.3 Å². The van der Waals surface area contributed by atoms with Gasteiger partial charge in [0.25, 0.3) is 0 Å². The van der Waals surface area contributed by atoms with Crippen LogP contribution < -0.4 is 16.8 Å². The van der Waals surface area contributed by atoms with Gasteiger partial charge in [0.1, 0.15) is 0 Å². The summed E-state index contributed by atoms with van der Waals surface area (Å²) in [6, 6.07) is 1.97. The topological polar surface area (TPSA) is 127 Å². The maximum atomic E-state index is 8.26. The van der Waals surface area contributed by atoms with E-state index in [1.165, 1.54) is 0 Å². The van der Waals surface area contributed by atoms with Gasteiger partial charge in [-0.1, -0.05) is 0 Å². The zero-order chi connectivity index (χ0) is 9.68. The van der Waals surface area contributed by atoms with Gasteiger partial charge in [-0.25, -0.2) is 0 Å². The van der Waals surface area contributed by atoms with E-state index in [-0.39, 0.29) is 11.9 Å². The van der Waals surface area contributed by atoms with Crippen LogP contribution in [0.2, 0.25) is 0 Å². The Morgan fingerprint density at radius 3 is 2.38 bits per heavy atom. The van der Waals surface area contributed by atoms with Crippen LogP contribution in [0.3, 0.4) is 0 Å². The van der Waals surface area contributed by atoms with Gasteiger partial charge in [-0.2, -0.15) is 20.2 Å². The molecule has 0 spiro atoms. The molecule has 0 aliphatic carbocycles. The second-order valence-electron chi connectivity index (χ2n) is 2.21. The van der Waals surface area contributed by atoms with E-state index in [4.69, 9.17) is 16.7 Å². The number of nitrogens with two attached hydrogens (primary N) is 2. The van der Waals surface area contributed by atoms with Crippen molar-refractivity contribution in [2.24, 2.45) is 0 Å². The van der Waals surface area contributed by atoms with E-state index in [2.05, 4.69) is 20.3 Å². The first-order valence-electron chi connectivity index (χ1n) is 3.60. The summed E-state index contributed by atoms with van der Waals surface area (Å²) in [6.45, 7) is 0.458. The number of aromatic nitrogens is 3. The Morgan fingerprint density at radius 2 is 1.85 bits per heavy atom. The van der Waals surface area contributed by atoms with Gasteiger partial charge in [-0.15, -0.1) is 0 Å². The van der Waals surface area contributed by atoms with Crippen molar-refractivity contribution in [1.82, 2.24) is 15.0 Å². The van der Waals surface area contributed by atoms with Crippen molar-refractivity contribution in [3.63, 3.8) is 0 Å². The number of hydrogen-bond donors (Lipinski definition) is 3. The monoisotopic (exact) mass is 179 g/mol. The van der Waals surface area contributed by atoms with Crippen LogP contribution in [0.1, 0.15) is 6.42 Å². The fourth-order valence-corrected chi connectivity index (χ4v) is 0.719. The highest BCUT2D eigenvalue weighted by Crippen LogP contribution is 2.02. The van der Waals surface area contributed by atoms with Crippen molar-refractivity contribution in [3.8, 4) is 6.07 Å². The van der Waals surface area contributed by atoms with Gasteiger partial charge in [0, 0.05) is 6.54 Å². The third kappa shape index (κ3) is 2.78. The van der Waals surface area contributed by atoms with Gasteiger partial charge in [-0.05, 0) is 0 Å². The largest absolute Gasteiger partial charge is 0.368 e. The Labute approximate surface area is 74.8 Å². The molecule has 0 aliphatic heterocycles. The first-order valence-corrected chi connectivity index (χ1v) is 3.60. The van der Waals surface area contributed by atoms with Gasteiger partial charge in [0.15, 0.2) is 0 Å². The number of hydrogen-bond acceptors (Lipinski definition) is 7. The van der Waals surface area contributed by atoms with Crippen LogP contribution in [0.4, 0.5) is 17.8 Å². The maximum absolute atomic E-state index is 8.26. The molecule has 1 rings (SSSR count). The highest BCUT2D eigenvalue weighted by atomic mass is 15.2. The summed E-state index contributed by atoms with van der Waals surface area (Å²) < 4.78 is 0. The van der Waals surface area contributed by atoms with E-state index in [1.807, 2.05) is 6.07 Å². The van der Waals surface area contributed by atoms with E-state index in [1.54, 1.807) is 0 Å². The number of nitrogens with one attached hydrogen (secondary N) is 1. The SMILES string of the molecule is N#CCCNc1nc(N)nc(N)n1. The minimum Gasteiger partial charge on any atom is -0.368 e. The summed E-state index contributed by atoms with van der Waals surface area (Å²) in [5, 5.41) is 11.0. The molecule has 0 saturated carbocycles. The normalized spacial score (nSPS) is 9.15. The number of rotatable bonds is 3. The predicted molar refractivity (Wildman–Crippen MR) is 47.4 cm³/mol. The van der Waals surface area contributed by atoms with E-state index in [9.17, 15) is 0 Å². The second-order valence-corrected chi connectivity index (χ2v) is 2.21. The minimum absolute atomic E-state index is 0.0620. The fourth-order valence-electron chi connectivity index (χ4n) is 0.719. The van der Waals surface area contributed by atoms with Crippen LogP contribution in [0.25, 0.3) is 0 Å². The lowest BCUT2D eigenvalue weighted by atomic mass is 10.5. The minimum atomic E-state index is 0.0620. The number of anilines is 3. The molecule has 1 aromatic rings. The van der Waals surface area contributed by atoms with Crippen LogP contribution in [0.15, 0.2) is 0 Å². The van der Waals surface area contributed by atoms with Gasteiger partial charge < -0.3 is 16.8 Å². The van der Waals surface area contributed by atoms with Crippen molar-refractivity contribution in [2.45, 2.75) is 6.42 Å². The molecule has 0 unspecified atom stereocenters. The molecule has 0 amide bonds. The average Bonchev–Trinajstić information content (AvgIpc) is 2.03. The van der Waals surface area contributed by atoms with E-state index >= 15 is 0 Å². The Balaban J connectivity index is 2.62. The lowest BCUT2D eigenvalue weighted by Gasteiger charge is -2.02. The fraction of sp³-hybridized carbons (Fsp3) is 0.333. The maximum Gasteiger partial charge on any atom is 0.229 e. The smallest absolute Gasteiger partial charge is 0.229 e. The van der Waals surface area contributed by atoms with Crippen molar-refractivity contribution in [3.05, 3.63) is 0 Å². The number of nitriles is 1. The second kappa shape index (κ2) is 4.06. The Kier molecular flexibility index (Phi) is 2.81. The molecule has 0 aromatic carbocycles.